The van der Waals surface area contributed by atoms with Crippen LogP contribution in [-0.4, -0.2) is 19.6 Å². The molecule has 0 saturated carbocycles. The number of ether oxygens (including phenoxy) is 1. The molecule has 3 nitrogen and oxygen atoms in total. The second-order valence-electron chi connectivity index (χ2n) is 5.83. The molecule has 0 aliphatic rings. The Labute approximate surface area is 162 Å². The van der Waals surface area contributed by atoms with Gasteiger partial charge in [-0.3, -0.25) is 4.79 Å². The highest BCUT2D eigenvalue weighted by atomic mass is 35.5. The largest absolute Gasteiger partial charge is 0.469 e. The van der Waals surface area contributed by atoms with E-state index in [2.05, 4.69) is 29.0 Å². The van der Waals surface area contributed by atoms with Crippen LogP contribution in [0, 0.1) is 0 Å². The van der Waals surface area contributed by atoms with Gasteiger partial charge in [-0.15, -0.1) is 0 Å². The van der Waals surface area contributed by atoms with Crippen molar-refractivity contribution in [3.63, 3.8) is 0 Å². The molecule has 0 heterocycles. The lowest BCUT2D eigenvalue weighted by atomic mass is 9.99. The molecule has 0 atom stereocenters. The van der Waals surface area contributed by atoms with E-state index in [1.165, 1.54) is 12.7 Å². The van der Waals surface area contributed by atoms with Gasteiger partial charge in [-0.25, -0.2) is 0 Å². The molecule has 2 rings (SSSR count). The van der Waals surface area contributed by atoms with Crippen molar-refractivity contribution in [1.82, 2.24) is 0 Å². The Hall–Kier alpha value is -1.84. The van der Waals surface area contributed by atoms with Gasteiger partial charge in [-0.1, -0.05) is 61.8 Å². The summed E-state index contributed by atoms with van der Waals surface area (Å²) in [5, 5.41) is 0.702. The van der Waals surface area contributed by atoms with Crippen molar-refractivity contribution in [2.45, 2.75) is 46.0 Å². The Morgan fingerprint density at radius 2 is 1.65 bits per heavy atom. The molecule has 26 heavy (non-hydrogen) atoms. The van der Waals surface area contributed by atoms with Gasteiger partial charge in [0.2, 0.25) is 0 Å². The Morgan fingerprint density at radius 3 is 2.23 bits per heavy atom. The second-order valence-corrected chi connectivity index (χ2v) is 6.24. The average molecular weight is 376 g/mol. The van der Waals surface area contributed by atoms with Crippen LogP contribution in [0.15, 0.2) is 42.5 Å². The lowest BCUT2D eigenvalue weighted by Gasteiger charge is -2.09. The first-order chi connectivity index (χ1) is 12.6. The molecule has 2 N–H and O–H groups in total. The van der Waals surface area contributed by atoms with Gasteiger partial charge in [0.25, 0.3) is 0 Å². The number of nitrogens with two attached hydrogens (primary N) is 1. The van der Waals surface area contributed by atoms with Crippen LogP contribution in [0.4, 0.5) is 0 Å². The van der Waals surface area contributed by atoms with Gasteiger partial charge < -0.3 is 10.5 Å². The fraction of sp³-hybridized carbons (Fsp3) is 0.409. The molecule has 4 heteroatoms. The lowest BCUT2D eigenvalue weighted by molar-refractivity contribution is -0.140. The van der Waals surface area contributed by atoms with Crippen molar-refractivity contribution in [3.05, 3.63) is 58.6 Å². The standard InChI is InChI=1S/C20H24ClNO2.C2H6/c1-24-20(23)12-8-16-7-11-18(19(21)14-16)17-9-5-15(6-10-17)4-2-3-13-22;1-2/h5-7,9-11,14H,2-4,8,12-13,22H2,1H3;1-2H3. The number of rotatable bonds is 8. The van der Waals surface area contributed by atoms with Crippen LogP contribution in [0.2, 0.25) is 5.02 Å². The Bertz CT molecular complexity index is 668. The van der Waals surface area contributed by atoms with Gasteiger partial charge in [-0.2, -0.15) is 0 Å². The summed E-state index contributed by atoms with van der Waals surface area (Å²) >= 11 is 6.43. The minimum atomic E-state index is -0.208. The molecule has 0 bridgehead atoms. The summed E-state index contributed by atoms with van der Waals surface area (Å²) in [5.41, 5.74) is 9.99. The smallest absolute Gasteiger partial charge is 0.305 e. The highest BCUT2D eigenvalue weighted by Gasteiger charge is 2.07. The van der Waals surface area contributed by atoms with Crippen LogP contribution in [0.5, 0.6) is 0 Å². The molecule has 0 fully saturated rings. The van der Waals surface area contributed by atoms with Crippen molar-refractivity contribution in [2.75, 3.05) is 13.7 Å². The molecule has 2 aromatic rings. The zero-order valence-electron chi connectivity index (χ0n) is 16.1. The maximum Gasteiger partial charge on any atom is 0.305 e. The third-order valence-electron chi connectivity index (χ3n) is 4.06. The van der Waals surface area contributed by atoms with Gasteiger partial charge >= 0.3 is 5.97 Å². The molecule has 142 valence electrons. The summed E-state index contributed by atoms with van der Waals surface area (Å²) in [6.07, 6.45) is 4.22. The number of hydrogen-bond acceptors (Lipinski definition) is 3. The van der Waals surface area contributed by atoms with E-state index in [0.29, 0.717) is 17.9 Å². The minimum Gasteiger partial charge on any atom is -0.469 e. The van der Waals surface area contributed by atoms with E-state index >= 15 is 0 Å². The third kappa shape index (κ3) is 7.19. The Balaban J connectivity index is 0.00000163. The number of unbranched alkanes of at least 4 members (excludes halogenated alkanes) is 1. The van der Waals surface area contributed by atoms with E-state index in [0.717, 1.165) is 42.5 Å². The summed E-state index contributed by atoms with van der Waals surface area (Å²) in [5.74, 6) is -0.208. The molecule has 0 amide bonds. The molecular weight excluding hydrogens is 346 g/mol. The predicted octanol–water partition coefficient (Wildman–Crippen LogP) is 5.42. The first-order valence-corrected chi connectivity index (χ1v) is 9.66. The number of methoxy groups -OCH3 is 1. The van der Waals surface area contributed by atoms with Crippen LogP contribution < -0.4 is 5.73 Å². The summed E-state index contributed by atoms with van der Waals surface area (Å²) in [4.78, 5) is 11.2. The highest BCUT2D eigenvalue weighted by molar-refractivity contribution is 6.33. The number of aryl methyl sites for hydroxylation is 2. The first kappa shape index (κ1) is 22.2. The molecule has 2 aromatic carbocycles. The molecule has 0 aromatic heterocycles. The molecule has 0 aliphatic carbocycles. The van der Waals surface area contributed by atoms with Gasteiger partial charge in [0.1, 0.15) is 0 Å². The van der Waals surface area contributed by atoms with Crippen molar-refractivity contribution in [2.24, 2.45) is 5.73 Å². The van der Waals surface area contributed by atoms with Crippen molar-refractivity contribution in [3.8, 4) is 11.1 Å². The summed E-state index contributed by atoms with van der Waals surface area (Å²) in [6, 6.07) is 14.5. The van der Waals surface area contributed by atoms with Gasteiger partial charge in [-0.05, 0) is 55.0 Å². The Morgan fingerprint density at radius 1 is 1.00 bits per heavy atom. The van der Waals surface area contributed by atoms with Crippen LogP contribution in [0.25, 0.3) is 11.1 Å². The van der Waals surface area contributed by atoms with E-state index in [-0.39, 0.29) is 5.97 Å². The van der Waals surface area contributed by atoms with Gasteiger partial charge in [0, 0.05) is 17.0 Å². The quantitative estimate of drug-likeness (QED) is 0.495. The maximum absolute atomic E-state index is 11.2. The van der Waals surface area contributed by atoms with E-state index in [1.54, 1.807) is 0 Å². The zero-order valence-corrected chi connectivity index (χ0v) is 16.8. The fourth-order valence-corrected chi connectivity index (χ4v) is 2.93. The van der Waals surface area contributed by atoms with Gasteiger partial charge in [0.15, 0.2) is 0 Å². The van der Waals surface area contributed by atoms with Crippen LogP contribution in [0.3, 0.4) is 0 Å². The van der Waals surface area contributed by atoms with Crippen LogP contribution in [-0.2, 0) is 22.4 Å². The van der Waals surface area contributed by atoms with E-state index < -0.39 is 0 Å². The fourth-order valence-electron chi connectivity index (χ4n) is 2.62. The monoisotopic (exact) mass is 375 g/mol. The number of halogens is 1. The predicted molar refractivity (Wildman–Crippen MR) is 111 cm³/mol. The minimum absolute atomic E-state index is 0.208. The topological polar surface area (TPSA) is 52.3 Å². The molecule has 0 spiro atoms. The van der Waals surface area contributed by atoms with Crippen molar-refractivity contribution < 1.29 is 9.53 Å². The van der Waals surface area contributed by atoms with Crippen LogP contribution >= 0.6 is 11.6 Å². The van der Waals surface area contributed by atoms with E-state index in [9.17, 15) is 4.79 Å². The maximum atomic E-state index is 11.2. The number of benzene rings is 2. The number of carbonyl (C=O) groups is 1. The van der Waals surface area contributed by atoms with Crippen molar-refractivity contribution in [1.29, 1.82) is 0 Å². The molecule has 0 aliphatic heterocycles. The van der Waals surface area contributed by atoms with E-state index in [1.807, 2.05) is 32.0 Å². The third-order valence-corrected chi connectivity index (χ3v) is 4.38. The first-order valence-electron chi connectivity index (χ1n) is 9.28. The Kier molecular flexibility index (Phi) is 10.7. The summed E-state index contributed by atoms with van der Waals surface area (Å²) in [7, 11) is 1.40. The van der Waals surface area contributed by atoms with E-state index in [4.69, 9.17) is 17.3 Å². The van der Waals surface area contributed by atoms with Crippen molar-refractivity contribution >= 4 is 17.6 Å². The molecule has 0 radical (unpaired) electrons. The zero-order chi connectivity index (χ0) is 19.4. The number of esters is 1. The number of hydrogen-bond donors (Lipinski definition) is 1. The second kappa shape index (κ2) is 12.5. The lowest BCUT2D eigenvalue weighted by Crippen LogP contribution is -2.01. The normalized spacial score (nSPS) is 10.0. The molecule has 0 saturated heterocycles. The SMILES string of the molecule is CC.COC(=O)CCc1ccc(-c2ccc(CCCCN)cc2)c(Cl)c1. The molecular formula is C22H30ClNO2. The van der Waals surface area contributed by atoms with Crippen LogP contribution in [0.1, 0.15) is 44.2 Å². The average Bonchev–Trinajstić information content (AvgIpc) is 2.68. The highest BCUT2D eigenvalue weighted by Crippen LogP contribution is 2.29. The number of carbonyl (C=O) groups excluding carboxylic acids is 1. The summed E-state index contributed by atoms with van der Waals surface area (Å²) < 4.78 is 4.66. The van der Waals surface area contributed by atoms with Gasteiger partial charge in [0.05, 0.1) is 7.11 Å². The summed E-state index contributed by atoms with van der Waals surface area (Å²) in [6.45, 7) is 4.75. The molecule has 0 unspecified atom stereocenters.